The molecule has 0 aliphatic carbocycles. The molecule has 1 heterocycles. The molecule has 0 aliphatic heterocycles. The van der Waals surface area contributed by atoms with Crippen LogP contribution in [0.4, 0.5) is 15.8 Å². The molecule has 0 saturated heterocycles. The summed E-state index contributed by atoms with van der Waals surface area (Å²) in [5.74, 6) is -0.301. The first-order valence-corrected chi connectivity index (χ1v) is 6.28. The minimum Gasteiger partial charge on any atom is -0.399 e. The van der Waals surface area contributed by atoms with E-state index in [1.807, 2.05) is 23.4 Å². The van der Waals surface area contributed by atoms with Gasteiger partial charge in [0.1, 0.15) is 5.82 Å². The molecule has 0 spiro atoms. The van der Waals surface area contributed by atoms with Crippen molar-refractivity contribution in [3.63, 3.8) is 0 Å². The van der Waals surface area contributed by atoms with Crippen LogP contribution >= 0.6 is 11.3 Å². The predicted molar refractivity (Wildman–Crippen MR) is 71.9 cm³/mol. The van der Waals surface area contributed by atoms with Gasteiger partial charge >= 0.3 is 0 Å². The smallest absolute Gasteiger partial charge is 0.127 e. The summed E-state index contributed by atoms with van der Waals surface area (Å²) in [7, 11) is 1.94. The molecular formula is C13H15FN2S. The van der Waals surface area contributed by atoms with Gasteiger partial charge in [0, 0.05) is 23.3 Å². The lowest BCUT2D eigenvalue weighted by Gasteiger charge is -2.26. The summed E-state index contributed by atoms with van der Waals surface area (Å²) < 4.78 is 13.3. The van der Waals surface area contributed by atoms with E-state index in [9.17, 15) is 4.39 Å². The first-order valence-electron chi connectivity index (χ1n) is 5.40. The molecule has 0 fully saturated rings. The number of halogens is 1. The Morgan fingerprint density at radius 2 is 2.12 bits per heavy atom. The van der Waals surface area contributed by atoms with Crippen LogP contribution in [0.15, 0.2) is 35.7 Å². The highest BCUT2D eigenvalue weighted by molar-refractivity contribution is 7.10. The van der Waals surface area contributed by atoms with E-state index < -0.39 is 0 Å². The van der Waals surface area contributed by atoms with Crippen molar-refractivity contribution in [3.05, 3.63) is 46.4 Å². The number of hydrogen-bond donors (Lipinski definition) is 1. The van der Waals surface area contributed by atoms with Crippen molar-refractivity contribution >= 4 is 22.7 Å². The van der Waals surface area contributed by atoms with Gasteiger partial charge in [-0.15, -0.1) is 11.3 Å². The summed E-state index contributed by atoms with van der Waals surface area (Å²) in [5.41, 5.74) is 6.90. The molecule has 1 aromatic heterocycles. The van der Waals surface area contributed by atoms with Crippen molar-refractivity contribution in [1.29, 1.82) is 0 Å². The van der Waals surface area contributed by atoms with Crippen molar-refractivity contribution in [3.8, 4) is 0 Å². The lowest BCUT2D eigenvalue weighted by Crippen LogP contribution is -2.21. The van der Waals surface area contributed by atoms with Gasteiger partial charge in [0.05, 0.1) is 6.04 Å². The highest BCUT2D eigenvalue weighted by Gasteiger charge is 2.14. The van der Waals surface area contributed by atoms with Crippen LogP contribution < -0.4 is 10.6 Å². The third kappa shape index (κ3) is 2.58. The van der Waals surface area contributed by atoms with Gasteiger partial charge in [0.2, 0.25) is 0 Å². The van der Waals surface area contributed by atoms with Gasteiger partial charge in [-0.3, -0.25) is 0 Å². The van der Waals surface area contributed by atoms with Crippen molar-refractivity contribution < 1.29 is 4.39 Å². The second-order valence-electron chi connectivity index (χ2n) is 4.05. The topological polar surface area (TPSA) is 29.3 Å². The molecule has 0 aliphatic rings. The van der Waals surface area contributed by atoms with E-state index in [1.54, 1.807) is 17.4 Å². The van der Waals surface area contributed by atoms with Crippen LogP contribution in [0.25, 0.3) is 0 Å². The number of nitrogen functional groups attached to an aromatic ring is 1. The van der Waals surface area contributed by atoms with E-state index in [2.05, 4.69) is 13.0 Å². The Hall–Kier alpha value is -1.55. The second kappa shape index (κ2) is 4.75. The summed E-state index contributed by atoms with van der Waals surface area (Å²) in [6.07, 6.45) is 0. The fraction of sp³-hybridized carbons (Fsp3) is 0.231. The molecule has 17 heavy (non-hydrogen) atoms. The molecule has 0 saturated carbocycles. The molecule has 2 aromatic rings. The van der Waals surface area contributed by atoms with Crippen LogP contribution in [0.3, 0.4) is 0 Å². The van der Waals surface area contributed by atoms with E-state index in [0.717, 1.165) is 5.69 Å². The molecule has 1 aromatic carbocycles. The predicted octanol–water partition coefficient (Wildman–Crippen LogP) is 3.67. The highest BCUT2D eigenvalue weighted by atomic mass is 32.1. The Morgan fingerprint density at radius 3 is 2.71 bits per heavy atom. The number of thiophene rings is 1. The Balaban J connectivity index is 2.27. The molecule has 1 unspecified atom stereocenters. The lowest BCUT2D eigenvalue weighted by molar-refractivity contribution is 0.626. The number of hydrogen-bond acceptors (Lipinski definition) is 3. The Kier molecular flexibility index (Phi) is 3.33. The number of nitrogens with zero attached hydrogens (tertiary/aromatic N) is 1. The molecule has 2 N–H and O–H groups in total. The Labute approximate surface area is 104 Å². The zero-order chi connectivity index (χ0) is 12.4. The molecule has 90 valence electrons. The van der Waals surface area contributed by atoms with Gasteiger partial charge in [-0.05, 0) is 36.6 Å². The minimum atomic E-state index is -0.301. The summed E-state index contributed by atoms with van der Waals surface area (Å²) in [6, 6.07) is 8.91. The van der Waals surface area contributed by atoms with Gasteiger partial charge in [-0.2, -0.15) is 0 Å². The average molecular weight is 250 g/mol. The largest absolute Gasteiger partial charge is 0.399 e. The third-order valence-corrected chi connectivity index (χ3v) is 3.89. The highest BCUT2D eigenvalue weighted by Crippen LogP contribution is 2.29. The van der Waals surface area contributed by atoms with Crippen molar-refractivity contribution in [1.82, 2.24) is 0 Å². The molecule has 0 amide bonds. The maximum Gasteiger partial charge on any atom is 0.127 e. The van der Waals surface area contributed by atoms with Crippen LogP contribution in [0.5, 0.6) is 0 Å². The maximum atomic E-state index is 13.3. The average Bonchev–Trinajstić information content (AvgIpc) is 2.79. The van der Waals surface area contributed by atoms with Crippen molar-refractivity contribution in [2.75, 3.05) is 17.7 Å². The van der Waals surface area contributed by atoms with Gasteiger partial charge in [0.15, 0.2) is 0 Å². The van der Waals surface area contributed by atoms with Crippen LogP contribution in [0.2, 0.25) is 0 Å². The summed E-state index contributed by atoms with van der Waals surface area (Å²) in [6.45, 7) is 2.09. The van der Waals surface area contributed by atoms with E-state index >= 15 is 0 Å². The van der Waals surface area contributed by atoms with Crippen LogP contribution in [-0.4, -0.2) is 7.05 Å². The van der Waals surface area contributed by atoms with Crippen LogP contribution in [0.1, 0.15) is 17.8 Å². The molecule has 2 nitrogen and oxygen atoms in total. The van der Waals surface area contributed by atoms with Gasteiger partial charge in [0.25, 0.3) is 0 Å². The summed E-state index contributed by atoms with van der Waals surface area (Å²) in [5, 5.41) is 2.04. The zero-order valence-electron chi connectivity index (χ0n) is 9.85. The Bertz CT molecular complexity index is 476. The zero-order valence-corrected chi connectivity index (χ0v) is 10.7. The van der Waals surface area contributed by atoms with Gasteiger partial charge in [-0.1, -0.05) is 6.07 Å². The maximum absolute atomic E-state index is 13.3. The standard InChI is InChI=1S/C13H15FN2S/c1-9(13-4-3-5-17-13)16(2)12-7-10(14)6-11(15)8-12/h3-9H,15H2,1-2H3. The molecule has 4 heteroatoms. The molecule has 0 bridgehead atoms. The minimum absolute atomic E-state index is 0.205. The molecule has 2 rings (SSSR count). The SMILES string of the molecule is CC(c1cccs1)N(C)c1cc(N)cc(F)c1. The summed E-state index contributed by atoms with van der Waals surface area (Å²) in [4.78, 5) is 3.26. The fourth-order valence-electron chi connectivity index (χ4n) is 1.74. The van der Waals surface area contributed by atoms with Crippen LogP contribution in [-0.2, 0) is 0 Å². The quantitative estimate of drug-likeness (QED) is 0.842. The molecule has 1 atom stereocenters. The van der Waals surface area contributed by atoms with E-state index in [1.165, 1.54) is 17.0 Å². The first kappa shape index (κ1) is 11.9. The fourth-order valence-corrected chi connectivity index (χ4v) is 2.57. The summed E-state index contributed by atoms with van der Waals surface area (Å²) >= 11 is 1.70. The number of rotatable bonds is 3. The molecular weight excluding hydrogens is 235 g/mol. The monoisotopic (exact) mass is 250 g/mol. The lowest BCUT2D eigenvalue weighted by atomic mass is 10.2. The first-order chi connectivity index (χ1) is 8.08. The van der Waals surface area contributed by atoms with Gasteiger partial charge in [-0.25, -0.2) is 4.39 Å². The van der Waals surface area contributed by atoms with Gasteiger partial charge < -0.3 is 10.6 Å². The van der Waals surface area contributed by atoms with E-state index in [0.29, 0.717) is 5.69 Å². The number of benzene rings is 1. The van der Waals surface area contributed by atoms with E-state index in [-0.39, 0.29) is 11.9 Å². The second-order valence-corrected chi connectivity index (χ2v) is 5.02. The number of nitrogens with two attached hydrogens (primary N) is 1. The third-order valence-electron chi connectivity index (χ3n) is 2.85. The Morgan fingerprint density at radius 1 is 1.35 bits per heavy atom. The van der Waals surface area contributed by atoms with E-state index in [4.69, 9.17) is 5.73 Å². The van der Waals surface area contributed by atoms with Crippen molar-refractivity contribution in [2.45, 2.75) is 13.0 Å². The number of anilines is 2. The normalized spacial score (nSPS) is 12.4. The molecule has 0 radical (unpaired) electrons. The van der Waals surface area contributed by atoms with Crippen LogP contribution in [0, 0.1) is 5.82 Å². The van der Waals surface area contributed by atoms with Crippen molar-refractivity contribution in [2.24, 2.45) is 0 Å².